The second-order valence-electron chi connectivity index (χ2n) is 9.97. The van der Waals surface area contributed by atoms with E-state index >= 15 is 0 Å². The second-order valence-corrected chi connectivity index (χ2v) is 14.8. The first-order valence-corrected chi connectivity index (χ1v) is 17.3. The number of ether oxygens (including phenoxy) is 1. The molecule has 11 nitrogen and oxygen atoms in total. The molecular weight excluding hydrogens is 716 g/mol. The van der Waals surface area contributed by atoms with Crippen LogP contribution in [0.4, 0.5) is 16.8 Å². The van der Waals surface area contributed by atoms with Gasteiger partial charge in [-0.2, -0.15) is 0 Å². The minimum Gasteiger partial charge on any atom is -0.364 e. The van der Waals surface area contributed by atoms with E-state index in [-0.39, 0.29) is 0 Å². The van der Waals surface area contributed by atoms with Crippen molar-refractivity contribution in [3.05, 3.63) is 72.6 Å². The minimum atomic E-state index is 0.474. The maximum atomic E-state index is 5.20. The summed E-state index contributed by atoms with van der Waals surface area (Å²) in [7, 11) is 1.68. The van der Waals surface area contributed by atoms with E-state index in [4.69, 9.17) is 4.74 Å². The molecule has 0 spiro atoms. The lowest BCUT2D eigenvalue weighted by atomic mass is 10.3. The summed E-state index contributed by atoms with van der Waals surface area (Å²) in [4.78, 5) is 24.0. The molecule has 0 aromatic carbocycles. The van der Waals surface area contributed by atoms with Gasteiger partial charge in [-0.3, -0.25) is 14.4 Å². The molecule has 0 saturated carbocycles. The molecule has 6 rings (SSSR count). The third-order valence-corrected chi connectivity index (χ3v) is 9.56. The van der Waals surface area contributed by atoms with E-state index in [0.29, 0.717) is 6.73 Å². The Hall–Kier alpha value is -2.08. The Kier molecular flexibility index (Phi) is 12.7. The molecule has 15 heteroatoms. The summed E-state index contributed by atoms with van der Waals surface area (Å²) in [6.45, 7) is 10.8. The van der Waals surface area contributed by atoms with Gasteiger partial charge in [0.1, 0.15) is 12.5 Å². The number of aromatic nitrogens is 4. The van der Waals surface area contributed by atoms with Crippen molar-refractivity contribution in [3.8, 4) is 0 Å². The van der Waals surface area contributed by atoms with Crippen molar-refractivity contribution in [2.24, 2.45) is 4.99 Å². The molecule has 6 heterocycles. The number of nitrogens with zero attached hydrogens (tertiary/aromatic N) is 7. The van der Waals surface area contributed by atoms with Crippen molar-refractivity contribution in [3.63, 3.8) is 0 Å². The molecule has 2 aliphatic heterocycles. The van der Waals surface area contributed by atoms with Crippen LogP contribution in [-0.2, 0) is 24.6 Å². The maximum absolute atomic E-state index is 5.20. The van der Waals surface area contributed by atoms with Gasteiger partial charge in [-0.1, -0.05) is 34.8 Å². The van der Waals surface area contributed by atoms with Crippen molar-refractivity contribution in [2.45, 2.75) is 19.8 Å². The zero-order valence-corrected chi connectivity index (χ0v) is 28.8. The highest BCUT2D eigenvalue weighted by molar-refractivity contribution is 9.11. The number of thiazole rings is 2. The lowest BCUT2D eigenvalue weighted by molar-refractivity contribution is 0.129. The number of halogens is 2. The first-order valence-electron chi connectivity index (χ1n) is 14.1. The minimum absolute atomic E-state index is 0.474. The summed E-state index contributed by atoms with van der Waals surface area (Å²) in [6.07, 6.45) is 3.76. The van der Waals surface area contributed by atoms with Gasteiger partial charge in [0.25, 0.3) is 0 Å². The monoisotopic (exact) mass is 750 g/mol. The van der Waals surface area contributed by atoms with Crippen LogP contribution in [-0.4, -0.2) is 88.8 Å². The molecule has 4 aromatic rings. The third-order valence-electron chi connectivity index (χ3n) is 6.67. The number of anilines is 2. The molecule has 3 N–H and O–H groups in total. The van der Waals surface area contributed by atoms with Gasteiger partial charge in [0.2, 0.25) is 0 Å². The van der Waals surface area contributed by atoms with Gasteiger partial charge in [-0.25, -0.2) is 19.9 Å². The van der Waals surface area contributed by atoms with Gasteiger partial charge in [0, 0.05) is 78.8 Å². The highest BCUT2D eigenvalue weighted by Gasteiger charge is 2.12. The van der Waals surface area contributed by atoms with Gasteiger partial charge in [-0.15, -0.1) is 0 Å². The fourth-order valence-corrected chi connectivity index (χ4v) is 7.15. The number of piperazine rings is 2. The highest BCUT2D eigenvalue weighted by atomic mass is 79.9. The molecule has 4 aromatic heterocycles. The van der Waals surface area contributed by atoms with Crippen molar-refractivity contribution < 1.29 is 4.74 Å². The summed E-state index contributed by atoms with van der Waals surface area (Å²) >= 11 is 10.0. The quantitative estimate of drug-likeness (QED) is 0.230. The van der Waals surface area contributed by atoms with Crippen molar-refractivity contribution >= 4 is 71.3 Å². The maximum Gasteiger partial charge on any atom is 0.194 e. The van der Waals surface area contributed by atoms with Crippen LogP contribution < -0.4 is 20.8 Å². The average Bonchev–Trinajstić information content (AvgIpc) is 3.58. The van der Waals surface area contributed by atoms with E-state index in [1.165, 1.54) is 0 Å². The first-order chi connectivity index (χ1) is 21.0. The molecular formula is C28H36Br2N10OS2. The molecule has 0 unspecified atom stereocenters. The van der Waals surface area contributed by atoms with E-state index in [2.05, 4.69) is 89.7 Å². The van der Waals surface area contributed by atoms with Crippen LogP contribution in [0, 0.1) is 0 Å². The van der Waals surface area contributed by atoms with Gasteiger partial charge >= 0.3 is 0 Å². The van der Waals surface area contributed by atoms with E-state index in [1.807, 2.05) is 35.0 Å². The Morgan fingerprint density at radius 3 is 2.16 bits per heavy atom. The molecule has 2 aliphatic rings. The van der Waals surface area contributed by atoms with Crippen LogP contribution in [0.25, 0.3) is 0 Å². The Morgan fingerprint density at radius 1 is 0.884 bits per heavy atom. The van der Waals surface area contributed by atoms with Crippen LogP contribution in [0.1, 0.15) is 11.4 Å². The Balaban J connectivity index is 0.000000173. The van der Waals surface area contributed by atoms with Crippen molar-refractivity contribution in [1.29, 1.82) is 0 Å². The van der Waals surface area contributed by atoms with Crippen LogP contribution in [0.3, 0.4) is 0 Å². The average molecular weight is 753 g/mol. The number of rotatable bonds is 9. The van der Waals surface area contributed by atoms with Gasteiger partial charge in [0.15, 0.2) is 15.8 Å². The number of methoxy groups -OCH3 is 1. The standard InChI is InChI=1S/C15H20BrN5OS.C13H16BrN5S/c1-22-11-21-10-13(16)23-15(21)19-14-4-2-3-12(18-14)9-20-7-5-17-6-8-20;14-11-8-16-13(20-11)18-12-3-1-2-10(17-12)9-19-6-4-15-5-7-19/h2-4,10,17H,5-9,11H2,1H3;1-3,8,15H,4-7,9H2,(H,16,17,18). The smallest absolute Gasteiger partial charge is 0.194 e. The molecule has 0 bridgehead atoms. The van der Waals surface area contributed by atoms with Crippen LogP contribution in [0.15, 0.2) is 61.4 Å². The Labute approximate surface area is 276 Å². The van der Waals surface area contributed by atoms with Crippen molar-refractivity contribution in [2.75, 3.05) is 64.8 Å². The third kappa shape index (κ3) is 10.5. The molecule has 0 amide bonds. The normalized spacial score (nSPS) is 16.6. The summed E-state index contributed by atoms with van der Waals surface area (Å²) in [5, 5.41) is 10.8. The predicted molar refractivity (Wildman–Crippen MR) is 180 cm³/mol. The fourth-order valence-electron chi connectivity index (χ4n) is 4.64. The SMILES string of the molecule is Brc1cnc(Nc2cccc(CN3CCNCC3)n2)s1.COCn1cc(Br)sc1=Nc1cccc(CN2CCNCC2)n1. The van der Waals surface area contributed by atoms with Crippen LogP contribution in [0.2, 0.25) is 0 Å². The first kappa shape index (κ1) is 32.3. The second kappa shape index (κ2) is 16.8. The topological polar surface area (TPSA) is 108 Å². The van der Waals surface area contributed by atoms with Gasteiger partial charge in [0.05, 0.1) is 25.2 Å². The Bertz CT molecular complexity index is 1500. The highest BCUT2D eigenvalue weighted by Crippen LogP contribution is 2.25. The largest absolute Gasteiger partial charge is 0.364 e. The lowest BCUT2D eigenvalue weighted by Crippen LogP contribution is -2.43. The molecule has 43 heavy (non-hydrogen) atoms. The van der Waals surface area contributed by atoms with Crippen molar-refractivity contribution in [1.82, 2.24) is 40.0 Å². The predicted octanol–water partition coefficient (Wildman–Crippen LogP) is 4.40. The van der Waals surface area contributed by atoms with Gasteiger partial charge < -0.3 is 20.7 Å². The van der Waals surface area contributed by atoms with Crippen LogP contribution >= 0.6 is 54.5 Å². The zero-order valence-electron chi connectivity index (χ0n) is 24.0. The number of pyridine rings is 2. The molecule has 2 fully saturated rings. The summed E-state index contributed by atoms with van der Waals surface area (Å²) in [5.41, 5.74) is 2.15. The van der Waals surface area contributed by atoms with Gasteiger partial charge in [-0.05, 0) is 56.1 Å². The van der Waals surface area contributed by atoms with E-state index in [0.717, 1.165) is 106 Å². The number of nitrogens with one attached hydrogen (secondary N) is 3. The number of hydrogen-bond acceptors (Lipinski definition) is 12. The summed E-state index contributed by atoms with van der Waals surface area (Å²) < 4.78 is 9.19. The summed E-state index contributed by atoms with van der Waals surface area (Å²) in [5.74, 6) is 1.58. The number of hydrogen-bond donors (Lipinski definition) is 3. The molecule has 0 atom stereocenters. The fraction of sp³-hybridized carbons (Fsp3) is 0.429. The lowest BCUT2D eigenvalue weighted by Gasteiger charge is -2.26. The van der Waals surface area contributed by atoms with Crippen LogP contribution in [0.5, 0.6) is 0 Å². The Morgan fingerprint density at radius 2 is 1.53 bits per heavy atom. The van der Waals surface area contributed by atoms with E-state index < -0.39 is 0 Å². The van der Waals surface area contributed by atoms with E-state index in [1.54, 1.807) is 36.0 Å². The van der Waals surface area contributed by atoms with E-state index in [9.17, 15) is 0 Å². The molecule has 0 radical (unpaired) electrons. The molecule has 230 valence electrons. The summed E-state index contributed by atoms with van der Waals surface area (Å²) in [6, 6.07) is 12.1. The molecule has 2 saturated heterocycles. The molecule has 0 aliphatic carbocycles. The zero-order chi connectivity index (χ0) is 29.9.